The van der Waals surface area contributed by atoms with Crippen LogP contribution in [0.15, 0.2) is 18.2 Å². The minimum absolute atomic E-state index is 0.0778. The first-order chi connectivity index (χ1) is 13.2. The SMILES string of the molecule is CC.CNCC1CCC1.COc1ccc2cc1OC1CC(CC2)CCC1O. The van der Waals surface area contributed by atoms with Crippen molar-refractivity contribution in [3.63, 3.8) is 0 Å². The Hall–Kier alpha value is -1.26. The monoisotopic (exact) mass is 377 g/mol. The molecule has 0 radical (unpaired) electrons. The summed E-state index contributed by atoms with van der Waals surface area (Å²) in [6.45, 7) is 5.24. The summed E-state index contributed by atoms with van der Waals surface area (Å²) in [5.74, 6) is 3.24. The third-order valence-electron chi connectivity index (χ3n) is 5.93. The summed E-state index contributed by atoms with van der Waals surface area (Å²) in [7, 11) is 3.68. The van der Waals surface area contributed by atoms with E-state index in [1.165, 1.54) is 37.8 Å². The molecule has 1 aromatic rings. The van der Waals surface area contributed by atoms with E-state index in [1.807, 2.05) is 27.0 Å². The molecule has 0 spiro atoms. The first kappa shape index (κ1) is 22.0. The fraction of sp³-hybridized carbons (Fsp3) is 0.739. The zero-order valence-corrected chi connectivity index (χ0v) is 17.7. The Labute approximate surface area is 165 Å². The van der Waals surface area contributed by atoms with Crippen LogP contribution in [0.25, 0.3) is 0 Å². The molecule has 3 aliphatic rings. The molecular formula is C23H39NO3. The van der Waals surface area contributed by atoms with E-state index in [2.05, 4.69) is 17.4 Å². The van der Waals surface area contributed by atoms with Crippen molar-refractivity contribution >= 4 is 0 Å². The van der Waals surface area contributed by atoms with E-state index in [1.54, 1.807) is 7.11 Å². The maximum absolute atomic E-state index is 10.1. The average Bonchev–Trinajstić information content (AvgIpc) is 2.72. The molecule has 1 aliphatic heterocycles. The topological polar surface area (TPSA) is 50.7 Å². The molecule has 4 nitrogen and oxygen atoms in total. The molecule has 2 fully saturated rings. The van der Waals surface area contributed by atoms with Crippen molar-refractivity contribution in [1.29, 1.82) is 0 Å². The number of hydrogen-bond acceptors (Lipinski definition) is 4. The van der Waals surface area contributed by atoms with Crippen LogP contribution in [0, 0.1) is 11.8 Å². The van der Waals surface area contributed by atoms with Crippen molar-refractivity contribution < 1.29 is 14.6 Å². The minimum atomic E-state index is -0.340. The summed E-state index contributed by atoms with van der Waals surface area (Å²) in [6, 6.07) is 6.13. The van der Waals surface area contributed by atoms with Crippen molar-refractivity contribution in [2.24, 2.45) is 11.8 Å². The predicted octanol–water partition coefficient (Wildman–Crippen LogP) is 4.58. The van der Waals surface area contributed by atoms with Crippen LogP contribution in [0.2, 0.25) is 0 Å². The molecule has 1 aromatic carbocycles. The quantitative estimate of drug-likeness (QED) is 0.809. The van der Waals surface area contributed by atoms with E-state index in [9.17, 15) is 5.11 Å². The van der Waals surface area contributed by atoms with E-state index in [-0.39, 0.29) is 12.2 Å². The first-order valence-corrected chi connectivity index (χ1v) is 10.9. The van der Waals surface area contributed by atoms with Crippen molar-refractivity contribution in [3.8, 4) is 11.5 Å². The Bertz CT molecular complexity index is 544. The fourth-order valence-electron chi connectivity index (χ4n) is 4.07. The van der Waals surface area contributed by atoms with Crippen LogP contribution < -0.4 is 14.8 Å². The molecule has 2 saturated carbocycles. The highest BCUT2D eigenvalue weighted by atomic mass is 16.5. The molecule has 1 heterocycles. The Morgan fingerprint density at radius 1 is 1.15 bits per heavy atom. The van der Waals surface area contributed by atoms with Gasteiger partial charge in [0.15, 0.2) is 11.5 Å². The van der Waals surface area contributed by atoms with E-state index in [4.69, 9.17) is 9.47 Å². The lowest BCUT2D eigenvalue weighted by Crippen LogP contribution is -2.38. The molecule has 3 atom stereocenters. The molecule has 4 rings (SSSR count). The number of benzene rings is 1. The molecule has 0 amide bonds. The second-order valence-electron chi connectivity index (χ2n) is 7.78. The third kappa shape index (κ3) is 6.39. The second kappa shape index (κ2) is 11.6. The fourth-order valence-corrected chi connectivity index (χ4v) is 4.07. The highest BCUT2D eigenvalue weighted by Gasteiger charge is 2.32. The highest BCUT2D eigenvalue weighted by molar-refractivity contribution is 5.43. The van der Waals surface area contributed by atoms with Crippen molar-refractivity contribution in [2.75, 3.05) is 20.7 Å². The van der Waals surface area contributed by atoms with Gasteiger partial charge in [0, 0.05) is 0 Å². The largest absolute Gasteiger partial charge is 0.493 e. The third-order valence-corrected chi connectivity index (χ3v) is 5.93. The van der Waals surface area contributed by atoms with Gasteiger partial charge >= 0.3 is 0 Å². The molecule has 2 N–H and O–H groups in total. The maximum Gasteiger partial charge on any atom is 0.161 e. The van der Waals surface area contributed by atoms with Crippen LogP contribution in [0.5, 0.6) is 11.5 Å². The molecule has 154 valence electrons. The molecule has 3 unspecified atom stereocenters. The Balaban J connectivity index is 0.000000244. The van der Waals surface area contributed by atoms with Gasteiger partial charge in [0.1, 0.15) is 6.10 Å². The number of aliphatic hydroxyl groups is 1. The van der Waals surface area contributed by atoms with Crippen molar-refractivity contribution in [2.45, 2.75) is 77.4 Å². The van der Waals surface area contributed by atoms with Crippen LogP contribution >= 0.6 is 0 Å². The zero-order valence-electron chi connectivity index (χ0n) is 17.7. The van der Waals surface area contributed by atoms with Gasteiger partial charge in [-0.05, 0) is 88.1 Å². The Kier molecular flexibility index (Phi) is 9.43. The Morgan fingerprint density at radius 3 is 2.52 bits per heavy atom. The number of aryl methyl sites for hydroxylation is 1. The van der Waals surface area contributed by atoms with Crippen molar-refractivity contribution in [1.82, 2.24) is 5.32 Å². The standard InChI is InChI=1S/C15H20O3.C6H13N.C2H6/c1-17-13-7-5-11-3-2-10-4-6-12(16)14(8-10)18-15(13)9-11;1-7-5-6-3-2-4-6;1-2/h5,7,9-10,12,14,16H,2-4,6,8H2,1H3;6-7H,2-5H2,1H3;1-2H3. The molecular weight excluding hydrogens is 338 g/mol. The molecule has 4 bridgehead atoms. The minimum Gasteiger partial charge on any atom is -0.493 e. The zero-order chi connectivity index (χ0) is 19.6. The number of nitrogens with one attached hydrogen (secondary N) is 1. The summed E-state index contributed by atoms with van der Waals surface area (Å²) in [5, 5.41) is 13.2. The van der Waals surface area contributed by atoms with Gasteiger partial charge in [0.25, 0.3) is 0 Å². The predicted molar refractivity (Wildman–Crippen MR) is 112 cm³/mol. The van der Waals surface area contributed by atoms with Crippen LogP contribution in [-0.2, 0) is 6.42 Å². The molecule has 0 aromatic heterocycles. The smallest absolute Gasteiger partial charge is 0.161 e. The van der Waals surface area contributed by atoms with E-state index >= 15 is 0 Å². The molecule has 0 saturated heterocycles. The number of aliphatic hydroxyl groups excluding tert-OH is 1. The van der Waals surface area contributed by atoms with Crippen LogP contribution in [0.1, 0.15) is 64.4 Å². The van der Waals surface area contributed by atoms with E-state index in [0.29, 0.717) is 5.92 Å². The Morgan fingerprint density at radius 2 is 1.93 bits per heavy atom. The lowest BCUT2D eigenvalue weighted by Gasteiger charge is -2.33. The lowest BCUT2D eigenvalue weighted by atomic mass is 9.82. The molecule has 2 aliphatic carbocycles. The van der Waals surface area contributed by atoms with Gasteiger partial charge in [-0.25, -0.2) is 0 Å². The highest BCUT2D eigenvalue weighted by Crippen LogP contribution is 2.37. The summed E-state index contributed by atoms with van der Waals surface area (Å²) < 4.78 is 11.3. The summed E-state index contributed by atoms with van der Waals surface area (Å²) in [5.41, 5.74) is 1.30. The molecule has 27 heavy (non-hydrogen) atoms. The first-order valence-electron chi connectivity index (χ1n) is 10.9. The van der Waals surface area contributed by atoms with Gasteiger partial charge in [-0.1, -0.05) is 26.3 Å². The summed E-state index contributed by atoms with van der Waals surface area (Å²) >= 11 is 0. The van der Waals surface area contributed by atoms with Gasteiger partial charge in [-0.2, -0.15) is 0 Å². The number of fused-ring (bicyclic) bond motifs is 4. The number of rotatable bonds is 3. The average molecular weight is 378 g/mol. The van der Waals surface area contributed by atoms with Crippen LogP contribution in [0.3, 0.4) is 0 Å². The number of hydrogen-bond donors (Lipinski definition) is 2. The van der Waals surface area contributed by atoms with E-state index in [0.717, 1.165) is 43.1 Å². The van der Waals surface area contributed by atoms with Gasteiger partial charge < -0.3 is 19.9 Å². The van der Waals surface area contributed by atoms with Gasteiger partial charge in [-0.3, -0.25) is 0 Å². The summed E-state index contributed by atoms with van der Waals surface area (Å²) in [6.07, 6.45) is 9.18. The number of ether oxygens (including phenoxy) is 2. The van der Waals surface area contributed by atoms with Gasteiger partial charge in [0.2, 0.25) is 0 Å². The van der Waals surface area contributed by atoms with Crippen LogP contribution in [-0.4, -0.2) is 38.0 Å². The lowest BCUT2D eigenvalue weighted by molar-refractivity contribution is -0.0117. The normalized spacial score (nSPS) is 26.3. The molecule has 4 heteroatoms. The van der Waals surface area contributed by atoms with Crippen LogP contribution in [0.4, 0.5) is 0 Å². The second-order valence-corrected chi connectivity index (χ2v) is 7.78. The maximum atomic E-state index is 10.1. The van der Waals surface area contributed by atoms with Gasteiger partial charge in [0.05, 0.1) is 13.2 Å². The van der Waals surface area contributed by atoms with Gasteiger partial charge in [-0.15, -0.1) is 0 Å². The van der Waals surface area contributed by atoms with E-state index < -0.39 is 0 Å². The number of methoxy groups -OCH3 is 1. The van der Waals surface area contributed by atoms with Crippen molar-refractivity contribution in [3.05, 3.63) is 23.8 Å². The summed E-state index contributed by atoms with van der Waals surface area (Å²) in [4.78, 5) is 0.